The van der Waals surface area contributed by atoms with E-state index >= 15 is 0 Å². The summed E-state index contributed by atoms with van der Waals surface area (Å²) in [6.45, 7) is 3.64. The molecule has 0 rings (SSSR count). The summed E-state index contributed by atoms with van der Waals surface area (Å²) in [5.41, 5.74) is 0. The van der Waals surface area contributed by atoms with Crippen LogP contribution in [0.3, 0.4) is 0 Å². The monoisotopic (exact) mass is 837 g/mol. The fourth-order valence-corrected chi connectivity index (χ4v) is 7.14. The molecule has 0 aromatic carbocycles. The molecule has 0 aromatic rings. The summed E-state index contributed by atoms with van der Waals surface area (Å²) in [5.74, 6) is -0.942. The Morgan fingerprint density at radius 1 is 0.448 bits per heavy atom. The number of hydrogen-bond acceptors (Lipinski definition) is 6. The number of phosphoric acid groups is 1. The smallest absolute Gasteiger partial charge is 0.462 e. The summed E-state index contributed by atoms with van der Waals surface area (Å²) in [5, 5.41) is 0. The number of ether oxygens (including phenoxy) is 2. The van der Waals surface area contributed by atoms with E-state index in [0.717, 1.165) is 38.5 Å². The van der Waals surface area contributed by atoms with Crippen LogP contribution in [-0.4, -0.2) is 41.0 Å². The maximum atomic E-state index is 12.4. The minimum atomic E-state index is -4.77. The molecule has 9 heteroatoms. The van der Waals surface area contributed by atoms with Crippen LogP contribution in [0.25, 0.3) is 0 Å². The van der Waals surface area contributed by atoms with Crippen molar-refractivity contribution in [3.63, 3.8) is 0 Å². The van der Waals surface area contributed by atoms with Gasteiger partial charge in [-0.2, -0.15) is 0 Å². The van der Waals surface area contributed by atoms with Crippen LogP contribution in [0.2, 0.25) is 0 Å². The van der Waals surface area contributed by atoms with Crippen molar-refractivity contribution >= 4 is 19.8 Å². The molecule has 0 bridgehead atoms. The predicted molar refractivity (Wildman–Crippen MR) is 244 cm³/mol. The Labute approximate surface area is 356 Å². The Kier molecular flexibility index (Phi) is 43.0. The molecular formula is C49H89O8P. The topological polar surface area (TPSA) is 119 Å². The summed E-state index contributed by atoms with van der Waals surface area (Å²) >= 11 is 0. The molecule has 0 fully saturated rings. The number of esters is 2. The molecule has 58 heavy (non-hydrogen) atoms. The third kappa shape index (κ3) is 46.7. The molecule has 0 aliphatic carbocycles. The van der Waals surface area contributed by atoms with E-state index in [1.807, 2.05) is 6.08 Å². The van der Waals surface area contributed by atoms with Crippen molar-refractivity contribution in [3.05, 3.63) is 48.6 Å². The van der Waals surface area contributed by atoms with Crippen molar-refractivity contribution in [1.29, 1.82) is 0 Å². The minimum Gasteiger partial charge on any atom is -0.462 e. The quantitative estimate of drug-likeness (QED) is 0.0269. The molecule has 0 saturated heterocycles. The molecule has 2 N–H and O–H groups in total. The van der Waals surface area contributed by atoms with Gasteiger partial charge in [-0.1, -0.05) is 217 Å². The highest BCUT2D eigenvalue weighted by Crippen LogP contribution is 2.36. The highest BCUT2D eigenvalue weighted by atomic mass is 31.2. The Bertz CT molecular complexity index is 1080. The second-order valence-corrected chi connectivity index (χ2v) is 17.3. The van der Waals surface area contributed by atoms with Gasteiger partial charge in [-0.3, -0.25) is 14.1 Å². The number of carbonyl (C=O) groups is 2. The van der Waals surface area contributed by atoms with E-state index in [4.69, 9.17) is 19.3 Å². The SMILES string of the molecule is CCCCC/C=C/C/C=C/C/C=C/C/C=C/CCCC(=O)O[C@H](COC(=O)CCCCCCCCCCCCCCCCCCCCCCCCC)COP(=O)(O)O. The molecule has 0 unspecified atom stereocenters. The lowest BCUT2D eigenvalue weighted by atomic mass is 10.0. The van der Waals surface area contributed by atoms with Gasteiger partial charge in [-0.05, 0) is 51.4 Å². The van der Waals surface area contributed by atoms with Crippen LogP contribution in [0.4, 0.5) is 0 Å². The van der Waals surface area contributed by atoms with Crippen molar-refractivity contribution in [3.8, 4) is 0 Å². The molecule has 0 aliphatic heterocycles. The molecule has 0 radical (unpaired) electrons. The van der Waals surface area contributed by atoms with E-state index in [-0.39, 0.29) is 19.4 Å². The number of unbranched alkanes of at least 4 members (excludes halogenated alkanes) is 26. The van der Waals surface area contributed by atoms with Gasteiger partial charge in [0.15, 0.2) is 6.10 Å². The van der Waals surface area contributed by atoms with Crippen molar-refractivity contribution in [1.82, 2.24) is 0 Å². The van der Waals surface area contributed by atoms with Gasteiger partial charge >= 0.3 is 19.8 Å². The molecule has 0 amide bonds. The molecule has 0 aliphatic rings. The summed E-state index contributed by atoms with van der Waals surface area (Å²) in [7, 11) is -4.77. The Hall–Kier alpha value is -1.99. The van der Waals surface area contributed by atoms with E-state index in [2.05, 4.69) is 60.9 Å². The Morgan fingerprint density at radius 2 is 0.793 bits per heavy atom. The lowest BCUT2D eigenvalue weighted by molar-refractivity contribution is -0.161. The normalized spacial score (nSPS) is 12.8. The van der Waals surface area contributed by atoms with Crippen molar-refractivity contribution < 1.29 is 37.9 Å². The fraction of sp³-hybridized carbons (Fsp3) is 0.796. The molecule has 8 nitrogen and oxygen atoms in total. The number of carbonyl (C=O) groups excluding carboxylic acids is 2. The lowest BCUT2D eigenvalue weighted by Gasteiger charge is -2.18. The Morgan fingerprint density at radius 3 is 1.21 bits per heavy atom. The lowest BCUT2D eigenvalue weighted by Crippen LogP contribution is -2.29. The first-order valence-corrected chi connectivity index (χ1v) is 25.5. The third-order valence-corrected chi connectivity index (χ3v) is 10.8. The maximum Gasteiger partial charge on any atom is 0.469 e. The van der Waals surface area contributed by atoms with Crippen LogP contribution in [0.1, 0.15) is 232 Å². The largest absolute Gasteiger partial charge is 0.469 e. The van der Waals surface area contributed by atoms with Crippen LogP contribution in [0.15, 0.2) is 48.6 Å². The zero-order chi connectivity index (χ0) is 42.5. The molecular weight excluding hydrogens is 748 g/mol. The number of phosphoric ester groups is 1. The summed E-state index contributed by atoms with van der Waals surface area (Å²) in [6, 6.07) is 0. The van der Waals surface area contributed by atoms with E-state index in [0.29, 0.717) is 12.8 Å². The van der Waals surface area contributed by atoms with Gasteiger partial charge in [0.25, 0.3) is 0 Å². The molecule has 1 atom stereocenters. The van der Waals surface area contributed by atoms with Gasteiger partial charge in [-0.25, -0.2) is 4.57 Å². The number of hydrogen-bond donors (Lipinski definition) is 2. The van der Waals surface area contributed by atoms with Gasteiger partial charge in [0.1, 0.15) is 6.61 Å². The molecule has 0 saturated carbocycles. The number of allylic oxidation sites excluding steroid dienone is 8. The summed E-state index contributed by atoms with van der Waals surface area (Å²) < 4.78 is 26.4. The minimum absolute atomic E-state index is 0.137. The van der Waals surface area contributed by atoms with Gasteiger partial charge < -0.3 is 19.3 Å². The van der Waals surface area contributed by atoms with Crippen molar-refractivity contribution in [2.45, 2.75) is 238 Å². The van der Waals surface area contributed by atoms with Crippen molar-refractivity contribution in [2.24, 2.45) is 0 Å². The first kappa shape index (κ1) is 56.0. The zero-order valence-electron chi connectivity index (χ0n) is 37.4. The van der Waals surface area contributed by atoms with Crippen LogP contribution in [-0.2, 0) is 28.2 Å². The van der Waals surface area contributed by atoms with E-state index in [1.165, 1.54) is 154 Å². The highest BCUT2D eigenvalue weighted by Gasteiger charge is 2.22. The third-order valence-electron chi connectivity index (χ3n) is 10.4. The first-order chi connectivity index (χ1) is 28.3. The van der Waals surface area contributed by atoms with Gasteiger partial charge in [0, 0.05) is 12.8 Å². The van der Waals surface area contributed by atoms with Gasteiger partial charge in [-0.15, -0.1) is 0 Å². The van der Waals surface area contributed by atoms with Gasteiger partial charge in [0.2, 0.25) is 0 Å². The van der Waals surface area contributed by atoms with Crippen LogP contribution in [0, 0.1) is 0 Å². The second-order valence-electron chi connectivity index (χ2n) is 16.1. The van der Waals surface area contributed by atoms with E-state index in [1.54, 1.807) is 0 Å². The molecule has 338 valence electrons. The molecule has 0 spiro atoms. The van der Waals surface area contributed by atoms with Crippen LogP contribution >= 0.6 is 7.82 Å². The van der Waals surface area contributed by atoms with Crippen LogP contribution in [0.5, 0.6) is 0 Å². The van der Waals surface area contributed by atoms with Crippen LogP contribution < -0.4 is 0 Å². The zero-order valence-corrected chi connectivity index (χ0v) is 38.3. The van der Waals surface area contributed by atoms with E-state index < -0.39 is 32.5 Å². The fourth-order valence-electron chi connectivity index (χ4n) is 6.78. The standard InChI is InChI=1S/C49H89O8P/c1-3-5-7-9-11-13-15-17-19-21-22-23-24-25-26-28-29-31-33-35-37-39-41-43-48(50)55-45-47(46-56-58(52,53)54)57-49(51)44-42-40-38-36-34-32-30-27-20-18-16-14-12-10-8-6-4-2/h12,14,18,20,30,32,36,38,47H,3-11,13,15-17,19,21-29,31,33-35,37,39-46H2,1-2H3,(H2,52,53,54)/b14-12+,20-18+,32-30+,38-36+/t47-/m1/s1. The van der Waals surface area contributed by atoms with Crippen molar-refractivity contribution in [2.75, 3.05) is 13.2 Å². The summed E-state index contributed by atoms with van der Waals surface area (Å²) in [6.07, 6.45) is 55.7. The average molecular weight is 837 g/mol. The molecule has 0 heterocycles. The number of rotatable bonds is 44. The van der Waals surface area contributed by atoms with E-state index in [9.17, 15) is 14.2 Å². The Balaban J connectivity index is 3.87. The second kappa shape index (κ2) is 44.6. The van der Waals surface area contributed by atoms with Gasteiger partial charge in [0.05, 0.1) is 6.61 Å². The molecule has 0 aromatic heterocycles. The average Bonchev–Trinajstić information content (AvgIpc) is 3.20. The highest BCUT2D eigenvalue weighted by molar-refractivity contribution is 7.46. The summed E-state index contributed by atoms with van der Waals surface area (Å²) in [4.78, 5) is 43.0. The first-order valence-electron chi connectivity index (χ1n) is 23.9. The predicted octanol–water partition coefficient (Wildman–Crippen LogP) is 15.1. The maximum absolute atomic E-state index is 12.4.